The first-order chi connectivity index (χ1) is 12.1. The zero-order chi connectivity index (χ0) is 17.6. The highest BCUT2D eigenvalue weighted by Crippen LogP contribution is 2.20. The van der Waals surface area contributed by atoms with Crippen molar-refractivity contribution in [2.24, 2.45) is 4.99 Å². The normalized spacial score (nSPS) is 20.7. The number of nitrogens with one attached hydrogen (secondary N) is 2. The molecule has 1 aliphatic heterocycles. The Kier molecular flexibility index (Phi) is 7.83. The summed E-state index contributed by atoms with van der Waals surface area (Å²) in [4.78, 5) is 11.0. The number of nitrogens with zero attached hydrogens (tertiary/aromatic N) is 4. The summed E-state index contributed by atoms with van der Waals surface area (Å²) in [5, 5.41) is 10.6. The molecule has 1 aliphatic rings. The third-order valence-electron chi connectivity index (χ3n) is 4.48. The molecule has 1 aromatic carbocycles. The van der Waals surface area contributed by atoms with Crippen LogP contribution in [0.15, 0.2) is 39.8 Å². The van der Waals surface area contributed by atoms with Gasteiger partial charge >= 0.3 is 0 Å². The second-order valence-corrected chi connectivity index (χ2v) is 6.50. The number of aryl methyl sites for hydroxylation is 1. The first-order valence-corrected chi connectivity index (χ1v) is 8.68. The van der Waals surface area contributed by atoms with E-state index in [1.807, 2.05) is 0 Å². The lowest BCUT2D eigenvalue weighted by Crippen LogP contribution is -2.44. The second-order valence-electron chi connectivity index (χ2n) is 6.50. The van der Waals surface area contributed by atoms with Crippen molar-refractivity contribution in [1.29, 1.82) is 0 Å². The molecule has 142 valence electrons. The third kappa shape index (κ3) is 5.66. The van der Waals surface area contributed by atoms with E-state index in [0.717, 1.165) is 25.5 Å². The first kappa shape index (κ1) is 20.6. The zero-order valence-electron chi connectivity index (χ0n) is 15.5. The molecular weight excluding hydrogens is 443 g/mol. The quantitative estimate of drug-likeness (QED) is 0.397. The first-order valence-electron chi connectivity index (χ1n) is 8.68. The fourth-order valence-corrected chi connectivity index (χ4v) is 3.21. The van der Waals surface area contributed by atoms with Crippen molar-refractivity contribution < 1.29 is 4.52 Å². The Morgan fingerprint density at radius 3 is 2.77 bits per heavy atom. The van der Waals surface area contributed by atoms with Gasteiger partial charge in [-0.1, -0.05) is 35.5 Å². The van der Waals surface area contributed by atoms with E-state index in [-0.39, 0.29) is 24.0 Å². The maximum Gasteiger partial charge on any atom is 0.223 e. The highest BCUT2D eigenvalue weighted by Gasteiger charge is 2.29. The molecule has 7 nitrogen and oxygen atoms in total. The van der Waals surface area contributed by atoms with Gasteiger partial charge in [-0.25, -0.2) is 0 Å². The molecule has 2 aromatic rings. The predicted molar refractivity (Wildman–Crippen MR) is 113 cm³/mol. The highest BCUT2D eigenvalue weighted by molar-refractivity contribution is 14.0. The zero-order valence-corrected chi connectivity index (χ0v) is 17.8. The predicted octanol–water partition coefficient (Wildman–Crippen LogP) is 2.32. The Hall–Kier alpha value is -1.68. The van der Waals surface area contributed by atoms with Gasteiger partial charge in [0.2, 0.25) is 5.89 Å². The summed E-state index contributed by atoms with van der Waals surface area (Å²) < 4.78 is 4.98. The van der Waals surface area contributed by atoms with Gasteiger partial charge in [0.25, 0.3) is 0 Å². The second kappa shape index (κ2) is 9.86. The van der Waals surface area contributed by atoms with Gasteiger partial charge < -0.3 is 15.2 Å². The molecule has 0 radical (unpaired) electrons. The summed E-state index contributed by atoms with van der Waals surface area (Å²) in [6.07, 6.45) is 1.09. The number of hydrogen-bond donors (Lipinski definition) is 2. The van der Waals surface area contributed by atoms with Crippen molar-refractivity contribution in [1.82, 2.24) is 25.7 Å². The molecule has 0 saturated carbocycles. The number of guanidine groups is 1. The van der Waals surface area contributed by atoms with Crippen LogP contribution in [-0.4, -0.2) is 46.7 Å². The largest absolute Gasteiger partial charge is 0.352 e. The van der Waals surface area contributed by atoms with Gasteiger partial charge in [-0.05, 0) is 18.9 Å². The molecule has 2 heterocycles. The van der Waals surface area contributed by atoms with Crippen LogP contribution < -0.4 is 10.6 Å². The van der Waals surface area contributed by atoms with E-state index < -0.39 is 0 Å². The van der Waals surface area contributed by atoms with Gasteiger partial charge in [0.05, 0.1) is 6.54 Å². The van der Waals surface area contributed by atoms with Crippen molar-refractivity contribution in [2.45, 2.75) is 45.4 Å². The average molecular weight is 470 g/mol. The monoisotopic (exact) mass is 470 g/mol. The molecule has 1 aromatic heterocycles. The molecule has 0 bridgehead atoms. The number of aromatic nitrogens is 2. The number of hydrogen-bond acceptors (Lipinski definition) is 5. The van der Waals surface area contributed by atoms with E-state index in [0.29, 0.717) is 30.3 Å². The smallest absolute Gasteiger partial charge is 0.223 e. The molecule has 3 rings (SSSR count). The van der Waals surface area contributed by atoms with Crippen LogP contribution >= 0.6 is 24.0 Å². The fraction of sp³-hybridized carbons (Fsp3) is 0.500. The molecule has 2 atom stereocenters. The Morgan fingerprint density at radius 1 is 1.35 bits per heavy atom. The van der Waals surface area contributed by atoms with Crippen LogP contribution in [0.25, 0.3) is 0 Å². The van der Waals surface area contributed by atoms with Gasteiger partial charge in [0.15, 0.2) is 11.8 Å². The minimum atomic E-state index is 0. The molecule has 1 saturated heterocycles. The molecule has 8 heteroatoms. The van der Waals surface area contributed by atoms with Gasteiger partial charge in [0.1, 0.15) is 0 Å². The van der Waals surface area contributed by atoms with E-state index in [4.69, 9.17) is 4.52 Å². The van der Waals surface area contributed by atoms with Crippen molar-refractivity contribution in [3.8, 4) is 0 Å². The summed E-state index contributed by atoms with van der Waals surface area (Å²) in [6, 6.07) is 11.5. The van der Waals surface area contributed by atoms with Crippen LogP contribution in [-0.2, 0) is 13.1 Å². The number of aliphatic imine (C=N–C) groups is 1. The van der Waals surface area contributed by atoms with E-state index in [1.165, 1.54) is 5.56 Å². The van der Waals surface area contributed by atoms with Crippen molar-refractivity contribution in [3.63, 3.8) is 0 Å². The molecule has 0 aliphatic carbocycles. The maximum absolute atomic E-state index is 4.98. The molecule has 2 unspecified atom stereocenters. The van der Waals surface area contributed by atoms with Gasteiger partial charge in [0, 0.05) is 39.1 Å². The topological polar surface area (TPSA) is 78.6 Å². The van der Waals surface area contributed by atoms with Crippen molar-refractivity contribution >= 4 is 29.9 Å². The average Bonchev–Trinajstić information content (AvgIpc) is 3.18. The lowest BCUT2D eigenvalue weighted by Gasteiger charge is -2.21. The standard InChI is InChI=1S/C18H26N6O.HI/c1-13-9-16(12-24(13)11-15-7-5-4-6-8-15)22-18(19-3)20-10-17-21-14(2)25-23-17;/h4-8,13,16H,9-12H2,1-3H3,(H2,19,20,22);1H. The molecular formula is C18H27IN6O. The third-order valence-corrected chi connectivity index (χ3v) is 4.48. The summed E-state index contributed by atoms with van der Waals surface area (Å²) >= 11 is 0. The van der Waals surface area contributed by atoms with Crippen LogP contribution in [0, 0.1) is 6.92 Å². The van der Waals surface area contributed by atoms with Crippen LogP contribution in [0.3, 0.4) is 0 Å². The Labute approximate surface area is 171 Å². The minimum Gasteiger partial charge on any atom is -0.352 e. The van der Waals surface area contributed by atoms with E-state index in [9.17, 15) is 0 Å². The Morgan fingerprint density at radius 2 is 2.12 bits per heavy atom. The van der Waals surface area contributed by atoms with Crippen molar-refractivity contribution in [2.75, 3.05) is 13.6 Å². The maximum atomic E-state index is 4.98. The van der Waals surface area contributed by atoms with Gasteiger partial charge in [-0.2, -0.15) is 4.98 Å². The van der Waals surface area contributed by atoms with Crippen LogP contribution in [0.1, 0.15) is 30.6 Å². The summed E-state index contributed by atoms with van der Waals surface area (Å²) in [6.45, 7) is 6.53. The van der Waals surface area contributed by atoms with Crippen LogP contribution in [0.2, 0.25) is 0 Å². The number of benzene rings is 1. The lowest BCUT2D eigenvalue weighted by molar-refractivity contribution is 0.258. The molecule has 26 heavy (non-hydrogen) atoms. The number of likely N-dealkylation sites (tertiary alicyclic amines) is 1. The molecule has 2 N–H and O–H groups in total. The molecule has 0 amide bonds. The van der Waals surface area contributed by atoms with E-state index in [2.05, 4.69) is 67.9 Å². The lowest BCUT2D eigenvalue weighted by atomic mass is 10.2. The van der Waals surface area contributed by atoms with E-state index >= 15 is 0 Å². The van der Waals surface area contributed by atoms with Crippen LogP contribution in [0.4, 0.5) is 0 Å². The summed E-state index contributed by atoms with van der Waals surface area (Å²) in [7, 11) is 1.77. The summed E-state index contributed by atoms with van der Waals surface area (Å²) in [5.74, 6) is 1.97. The molecule has 0 spiro atoms. The number of rotatable bonds is 5. The molecule has 1 fully saturated rings. The minimum absolute atomic E-state index is 0. The Balaban J connectivity index is 0.00000243. The SMILES string of the molecule is CN=C(NCc1noc(C)n1)NC1CC(C)N(Cc2ccccc2)C1.I. The fourth-order valence-electron chi connectivity index (χ4n) is 3.21. The van der Waals surface area contributed by atoms with E-state index in [1.54, 1.807) is 14.0 Å². The number of halogens is 1. The summed E-state index contributed by atoms with van der Waals surface area (Å²) in [5.41, 5.74) is 1.35. The van der Waals surface area contributed by atoms with Gasteiger partial charge in [-0.3, -0.25) is 9.89 Å². The Bertz CT molecular complexity index is 705. The van der Waals surface area contributed by atoms with Gasteiger partial charge in [-0.15, -0.1) is 24.0 Å². The highest BCUT2D eigenvalue weighted by atomic mass is 127. The van der Waals surface area contributed by atoms with Crippen molar-refractivity contribution in [3.05, 3.63) is 47.6 Å². The van der Waals surface area contributed by atoms with Crippen LogP contribution in [0.5, 0.6) is 0 Å².